The summed E-state index contributed by atoms with van der Waals surface area (Å²) in [5.41, 5.74) is 2.36. The molecular weight excluding hydrogens is 540 g/mol. The highest BCUT2D eigenvalue weighted by Gasteiger charge is 2.51. The second kappa shape index (κ2) is 8.95. The average Bonchev–Trinajstić information content (AvgIpc) is 3.25. The van der Waals surface area contributed by atoms with Gasteiger partial charge in [-0.05, 0) is 62.8 Å². The normalized spacial score (nSPS) is 22.2. The van der Waals surface area contributed by atoms with Crippen molar-refractivity contribution in [3.63, 3.8) is 0 Å². The van der Waals surface area contributed by atoms with Crippen molar-refractivity contribution in [3.8, 4) is 11.3 Å². The Hall–Kier alpha value is -1.91. The molecule has 1 amide bonds. The number of hydrogen-bond acceptors (Lipinski definition) is 4. The van der Waals surface area contributed by atoms with E-state index in [-0.39, 0.29) is 28.3 Å². The lowest BCUT2D eigenvalue weighted by atomic mass is 9.78. The van der Waals surface area contributed by atoms with Crippen LogP contribution in [0.25, 0.3) is 22.0 Å². The van der Waals surface area contributed by atoms with Gasteiger partial charge in [0.05, 0.1) is 29.1 Å². The van der Waals surface area contributed by atoms with Crippen LogP contribution >= 0.6 is 22.6 Å². The van der Waals surface area contributed by atoms with Crippen molar-refractivity contribution in [2.45, 2.75) is 70.6 Å². The molecule has 0 bridgehead atoms. The fraction of sp³-hybridized carbons (Fsp3) is 0.462. The molecule has 1 unspecified atom stereocenters. The van der Waals surface area contributed by atoms with E-state index in [2.05, 4.69) is 74.1 Å². The van der Waals surface area contributed by atoms with E-state index in [4.69, 9.17) is 9.31 Å². The van der Waals surface area contributed by atoms with Crippen LogP contribution < -0.4 is 5.46 Å². The summed E-state index contributed by atoms with van der Waals surface area (Å²) in [6, 6.07) is 12.8. The lowest BCUT2D eigenvalue weighted by Gasteiger charge is -2.32. The third-order valence-corrected chi connectivity index (χ3v) is 8.21. The molecule has 2 aromatic carbocycles. The van der Waals surface area contributed by atoms with E-state index in [9.17, 15) is 4.79 Å². The summed E-state index contributed by atoms with van der Waals surface area (Å²) in [4.78, 5) is 22.3. The van der Waals surface area contributed by atoms with E-state index in [1.165, 1.54) is 0 Å². The van der Waals surface area contributed by atoms with Gasteiger partial charge in [-0.1, -0.05) is 43.2 Å². The van der Waals surface area contributed by atoms with Gasteiger partial charge in [0, 0.05) is 34.7 Å². The summed E-state index contributed by atoms with van der Waals surface area (Å²) in [6.07, 6.45) is 6.15. The van der Waals surface area contributed by atoms with Crippen LogP contribution in [0.4, 0.5) is 4.79 Å². The third kappa shape index (κ3) is 4.40. The number of carbonyl (C=O) groups excluding carboxylic acids is 1. The molecule has 2 aliphatic rings. The topological polar surface area (TPSA) is 67.5 Å². The first-order valence-corrected chi connectivity index (χ1v) is 13.1. The van der Waals surface area contributed by atoms with Gasteiger partial charge in [0.25, 0.3) is 3.91 Å². The number of benzene rings is 2. The van der Waals surface area contributed by atoms with E-state index in [1.807, 2.05) is 33.7 Å². The lowest BCUT2D eigenvalue weighted by Crippen LogP contribution is -2.41. The van der Waals surface area contributed by atoms with Crippen molar-refractivity contribution in [2.24, 2.45) is 0 Å². The highest BCUT2D eigenvalue weighted by Crippen LogP contribution is 2.37. The Morgan fingerprint density at radius 3 is 2.50 bits per heavy atom. The fourth-order valence-corrected chi connectivity index (χ4v) is 5.39. The molecular formula is C26H31BIN3O3. The lowest BCUT2D eigenvalue weighted by molar-refractivity contribution is 0.00578. The number of amides is 1. The molecule has 1 aromatic heterocycles. The molecule has 0 aliphatic carbocycles. The fourth-order valence-electron chi connectivity index (χ4n) is 4.81. The molecule has 2 fully saturated rings. The number of imidazole rings is 1. The van der Waals surface area contributed by atoms with Crippen LogP contribution in [0.2, 0.25) is 0 Å². The summed E-state index contributed by atoms with van der Waals surface area (Å²) < 4.78 is 12.5. The van der Waals surface area contributed by atoms with Gasteiger partial charge >= 0.3 is 7.12 Å². The Labute approximate surface area is 215 Å². The third-order valence-electron chi connectivity index (χ3n) is 7.59. The first kappa shape index (κ1) is 23.8. The number of hydrogen-bond donors (Lipinski definition) is 1. The van der Waals surface area contributed by atoms with Crippen molar-refractivity contribution >= 4 is 49.9 Å². The molecule has 3 aromatic rings. The summed E-state index contributed by atoms with van der Waals surface area (Å²) in [7, 11) is -0.368. The van der Waals surface area contributed by atoms with Gasteiger partial charge in [-0.25, -0.2) is 4.98 Å². The number of fused-ring (bicyclic) bond motifs is 1. The number of halogens is 1. The number of nitrogens with zero attached hydrogens (tertiary/aromatic N) is 2. The SMILES string of the molecule is CC1(C)OB(c2ccc3cc(-c4cnc(C5CCCCCN5C(=O)I)[nH]4)ccc3c2)OC1(C)C. The zero-order valence-corrected chi connectivity index (χ0v) is 22.4. The first-order valence-electron chi connectivity index (χ1n) is 12.1. The molecule has 2 aliphatic heterocycles. The molecule has 8 heteroatoms. The van der Waals surface area contributed by atoms with Crippen molar-refractivity contribution in [1.82, 2.24) is 14.9 Å². The van der Waals surface area contributed by atoms with Crippen LogP contribution in [0.1, 0.15) is 65.2 Å². The van der Waals surface area contributed by atoms with Crippen molar-refractivity contribution in [3.05, 3.63) is 48.4 Å². The van der Waals surface area contributed by atoms with Crippen LogP contribution in [0.15, 0.2) is 42.6 Å². The number of rotatable bonds is 3. The van der Waals surface area contributed by atoms with Gasteiger partial charge in [0.2, 0.25) is 0 Å². The minimum Gasteiger partial charge on any atom is -0.399 e. The number of likely N-dealkylation sites (tertiary alicyclic amines) is 1. The Bertz CT molecular complexity index is 1210. The molecule has 178 valence electrons. The molecule has 0 saturated carbocycles. The van der Waals surface area contributed by atoms with Gasteiger partial charge in [0.15, 0.2) is 0 Å². The van der Waals surface area contributed by atoms with Crippen LogP contribution in [0.3, 0.4) is 0 Å². The Balaban J connectivity index is 1.40. The molecule has 1 N–H and O–H groups in total. The second-order valence-corrected chi connectivity index (χ2v) is 11.3. The van der Waals surface area contributed by atoms with E-state index >= 15 is 0 Å². The molecule has 2 saturated heterocycles. The van der Waals surface area contributed by atoms with Gasteiger partial charge in [0.1, 0.15) is 5.82 Å². The number of H-pyrrole nitrogens is 1. The van der Waals surface area contributed by atoms with Crippen LogP contribution in [-0.4, -0.2) is 43.6 Å². The summed E-state index contributed by atoms with van der Waals surface area (Å²) in [5.74, 6) is 0.873. The van der Waals surface area contributed by atoms with Crippen LogP contribution in [0, 0.1) is 0 Å². The number of nitrogens with one attached hydrogen (secondary N) is 1. The minimum atomic E-state index is -0.368. The number of carbonyl (C=O) groups is 1. The van der Waals surface area contributed by atoms with E-state index < -0.39 is 0 Å². The van der Waals surface area contributed by atoms with E-state index in [0.717, 1.165) is 65.5 Å². The van der Waals surface area contributed by atoms with E-state index in [1.54, 1.807) is 0 Å². The Morgan fingerprint density at radius 2 is 1.76 bits per heavy atom. The standard InChI is InChI=1S/C26H31BIN3O3/c1-25(2)26(3,4)34-27(33-25)20-12-11-17-14-19(10-9-18(17)15-20)21-16-29-23(30-21)22-8-6-5-7-13-31(22)24(28)32/h9-12,14-16,22H,5-8,13H2,1-4H3,(H,29,30). The zero-order valence-electron chi connectivity index (χ0n) is 20.2. The molecule has 6 nitrogen and oxygen atoms in total. The predicted octanol–water partition coefficient (Wildman–Crippen LogP) is 6.00. The van der Waals surface area contributed by atoms with Crippen LogP contribution in [0.5, 0.6) is 0 Å². The van der Waals surface area contributed by atoms with Gasteiger partial charge in [-0.15, -0.1) is 0 Å². The van der Waals surface area contributed by atoms with Crippen molar-refractivity contribution < 1.29 is 14.1 Å². The molecule has 1 atom stereocenters. The molecule has 0 spiro atoms. The number of aromatic amines is 1. The maximum atomic E-state index is 12.2. The predicted molar refractivity (Wildman–Crippen MR) is 145 cm³/mol. The number of aromatic nitrogens is 2. The first-order chi connectivity index (χ1) is 16.1. The maximum Gasteiger partial charge on any atom is 0.494 e. The van der Waals surface area contributed by atoms with Crippen molar-refractivity contribution in [2.75, 3.05) is 6.54 Å². The van der Waals surface area contributed by atoms with Gasteiger partial charge < -0.3 is 19.2 Å². The maximum absolute atomic E-state index is 12.2. The highest BCUT2D eigenvalue weighted by molar-refractivity contribution is 14.1. The summed E-state index contributed by atoms with van der Waals surface area (Å²) in [6.45, 7) is 9.09. The second-order valence-electron chi connectivity index (χ2n) is 10.4. The largest absolute Gasteiger partial charge is 0.494 e. The smallest absolute Gasteiger partial charge is 0.399 e. The average molecular weight is 571 g/mol. The van der Waals surface area contributed by atoms with Gasteiger partial charge in [-0.2, -0.15) is 0 Å². The minimum absolute atomic E-state index is 0.0172. The van der Waals surface area contributed by atoms with Gasteiger partial charge in [-0.3, -0.25) is 4.79 Å². The Morgan fingerprint density at radius 1 is 1.06 bits per heavy atom. The van der Waals surface area contributed by atoms with E-state index in [0.29, 0.717) is 0 Å². The Kier molecular flexibility index (Phi) is 6.27. The van der Waals surface area contributed by atoms with Crippen LogP contribution in [-0.2, 0) is 9.31 Å². The molecule has 3 heterocycles. The summed E-state index contributed by atoms with van der Waals surface area (Å²) >= 11 is 1.90. The summed E-state index contributed by atoms with van der Waals surface area (Å²) in [5, 5.41) is 2.29. The quantitative estimate of drug-likeness (QED) is 0.181. The monoisotopic (exact) mass is 571 g/mol. The zero-order chi connectivity index (χ0) is 24.1. The molecule has 5 rings (SSSR count). The molecule has 0 radical (unpaired) electrons. The molecule has 34 heavy (non-hydrogen) atoms. The van der Waals surface area contributed by atoms with Crippen molar-refractivity contribution in [1.29, 1.82) is 0 Å². The highest BCUT2D eigenvalue weighted by atomic mass is 127.